The lowest BCUT2D eigenvalue weighted by atomic mass is 10.1. The van der Waals surface area contributed by atoms with Gasteiger partial charge in [-0.2, -0.15) is 5.10 Å². The van der Waals surface area contributed by atoms with E-state index in [1.165, 1.54) is 6.07 Å². The maximum atomic E-state index is 12.4. The molecule has 3 N–H and O–H groups in total. The summed E-state index contributed by atoms with van der Waals surface area (Å²) in [6.07, 6.45) is 0.0192. The molecule has 7 heteroatoms. The molecule has 3 aromatic carbocycles. The van der Waals surface area contributed by atoms with Crippen molar-refractivity contribution in [3.63, 3.8) is 0 Å². The fourth-order valence-electron chi connectivity index (χ4n) is 2.65. The number of nitrogens with one attached hydrogen (secondary N) is 2. The van der Waals surface area contributed by atoms with E-state index >= 15 is 0 Å². The lowest BCUT2D eigenvalue weighted by molar-refractivity contribution is -0.115. The maximum absolute atomic E-state index is 12.4. The maximum Gasteiger partial charge on any atom is 0.275 e. The number of hydrazone groups is 1. The van der Waals surface area contributed by atoms with Crippen molar-refractivity contribution in [3.05, 3.63) is 70.7 Å². The van der Waals surface area contributed by atoms with Crippen molar-refractivity contribution in [3.8, 4) is 5.75 Å². The smallest absolute Gasteiger partial charge is 0.275 e. The number of fused-ring (bicyclic) bond motifs is 1. The van der Waals surface area contributed by atoms with Crippen LogP contribution in [0.2, 0.25) is 0 Å². The number of rotatable bonds is 5. The average Bonchev–Trinajstić information content (AvgIpc) is 2.67. The number of anilines is 1. The van der Waals surface area contributed by atoms with Gasteiger partial charge in [-0.25, -0.2) is 5.43 Å². The molecule has 0 aliphatic carbocycles. The van der Waals surface area contributed by atoms with Gasteiger partial charge in [0.1, 0.15) is 5.75 Å². The summed E-state index contributed by atoms with van der Waals surface area (Å²) >= 11 is 3.36. The van der Waals surface area contributed by atoms with E-state index in [4.69, 9.17) is 0 Å². The minimum atomic E-state index is -0.547. The van der Waals surface area contributed by atoms with Gasteiger partial charge in [0.2, 0.25) is 5.91 Å². The molecule has 0 fully saturated rings. The molecule has 0 radical (unpaired) electrons. The van der Waals surface area contributed by atoms with Gasteiger partial charge < -0.3 is 10.4 Å². The third-order valence-electron chi connectivity index (χ3n) is 4.02. The molecule has 0 spiro atoms. The van der Waals surface area contributed by atoms with E-state index < -0.39 is 5.91 Å². The van der Waals surface area contributed by atoms with Gasteiger partial charge in [0, 0.05) is 10.2 Å². The van der Waals surface area contributed by atoms with Crippen LogP contribution in [0.1, 0.15) is 23.7 Å². The van der Waals surface area contributed by atoms with E-state index in [9.17, 15) is 14.7 Å². The molecule has 6 nitrogen and oxygen atoms in total. The zero-order valence-electron chi connectivity index (χ0n) is 15.1. The Morgan fingerprint density at radius 3 is 2.39 bits per heavy atom. The Kier molecular flexibility index (Phi) is 6.06. The highest BCUT2D eigenvalue weighted by Gasteiger charge is 2.13. The molecule has 0 unspecified atom stereocenters. The number of aromatic hydroxyl groups is 1. The number of carbonyl (C=O) groups excluding carboxylic acids is 2. The minimum absolute atomic E-state index is 0.0192. The molecule has 0 atom stereocenters. The molecule has 3 rings (SSSR count). The molecule has 0 aliphatic rings. The summed E-state index contributed by atoms with van der Waals surface area (Å²) in [6, 6.07) is 17.8. The van der Waals surface area contributed by atoms with Crippen LogP contribution in [0.15, 0.2) is 70.2 Å². The Bertz CT molecular complexity index is 1080. The van der Waals surface area contributed by atoms with Crippen LogP contribution in [0.25, 0.3) is 10.8 Å². The van der Waals surface area contributed by atoms with E-state index in [0.29, 0.717) is 11.4 Å². The molecule has 2 amide bonds. The van der Waals surface area contributed by atoms with Crippen LogP contribution in [0.3, 0.4) is 0 Å². The van der Waals surface area contributed by atoms with E-state index in [-0.39, 0.29) is 23.6 Å². The second-order valence-corrected chi connectivity index (χ2v) is 7.06. The Balaban J connectivity index is 1.64. The van der Waals surface area contributed by atoms with Crippen molar-refractivity contribution in [1.82, 2.24) is 5.43 Å². The van der Waals surface area contributed by atoms with Crippen LogP contribution in [0, 0.1) is 0 Å². The molecule has 0 saturated carbocycles. The third-order valence-corrected chi connectivity index (χ3v) is 4.71. The molecular weight excluding hydrogens is 422 g/mol. The Morgan fingerprint density at radius 1 is 1.04 bits per heavy atom. The number of phenols is 1. The largest absolute Gasteiger partial charge is 0.507 e. The van der Waals surface area contributed by atoms with Crippen molar-refractivity contribution in [1.29, 1.82) is 0 Å². The Morgan fingerprint density at radius 2 is 1.68 bits per heavy atom. The molecule has 142 valence electrons. The molecule has 28 heavy (non-hydrogen) atoms. The zero-order valence-corrected chi connectivity index (χ0v) is 16.7. The van der Waals surface area contributed by atoms with Crippen molar-refractivity contribution in [2.75, 3.05) is 5.32 Å². The predicted octanol–water partition coefficient (Wildman–Crippen LogP) is 4.44. The normalized spacial score (nSPS) is 11.3. The monoisotopic (exact) mass is 439 g/mol. The quantitative estimate of drug-likeness (QED) is 0.405. The van der Waals surface area contributed by atoms with Gasteiger partial charge in [-0.3, -0.25) is 9.59 Å². The first-order chi connectivity index (χ1) is 13.4. The van der Waals surface area contributed by atoms with Crippen molar-refractivity contribution < 1.29 is 14.7 Å². The minimum Gasteiger partial charge on any atom is -0.507 e. The number of phenolic OH excluding ortho intramolecular Hbond substituents is 1. The SMILES string of the molecule is C/C(CC(=O)Nc1ccccc1Br)=N\NC(=O)c1cc2ccccc2cc1O. The number of para-hydroxylation sites is 1. The van der Waals surface area contributed by atoms with Crippen LogP contribution in [0.5, 0.6) is 5.75 Å². The van der Waals surface area contributed by atoms with Crippen LogP contribution in [-0.4, -0.2) is 22.6 Å². The van der Waals surface area contributed by atoms with Gasteiger partial charge >= 0.3 is 0 Å². The van der Waals surface area contributed by atoms with Crippen LogP contribution >= 0.6 is 15.9 Å². The van der Waals surface area contributed by atoms with Crippen LogP contribution in [0.4, 0.5) is 5.69 Å². The summed E-state index contributed by atoms with van der Waals surface area (Å²) in [4.78, 5) is 24.5. The fraction of sp³-hybridized carbons (Fsp3) is 0.0952. The van der Waals surface area contributed by atoms with E-state index in [0.717, 1.165) is 15.2 Å². The number of benzene rings is 3. The second-order valence-electron chi connectivity index (χ2n) is 6.21. The molecule has 0 heterocycles. The van der Waals surface area contributed by atoms with Gasteiger partial charge in [-0.15, -0.1) is 0 Å². The lowest BCUT2D eigenvalue weighted by Crippen LogP contribution is -2.21. The summed E-state index contributed by atoms with van der Waals surface area (Å²) in [5, 5.41) is 18.5. The number of halogens is 1. The van der Waals surface area contributed by atoms with Crippen molar-refractivity contribution in [2.24, 2.45) is 5.10 Å². The number of hydrogen-bond donors (Lipinski definition) is 3. The Hall–Kier alpha value is -3.19. The van der Waals surface area contributed by atoms with Crippen LogP contribution in [-0.2, 0) is 4.79 Å². The molecule has 0 saturated heterocycles. The zero-order chi connectivity index (χ0) is 20.1. The van der Waals surface area contributed by atoms with Gasteiger partial charge in [-0.05, 0) is 57.9 Å². The first-order valence-corrected chi connectivity index (χ1v) is 9.33. The predicted molar refractivity (Wildman–Crippen MR) is 114 cm³/mol. The summed E-state index contributed by atoms with van der Waals surface area (Å²) in [5.41, 5.74) is 3.59. The second kappa shape index (κ2) is 8.67. The summed E-state index contributed by atoms with van der Waals surface area (Å²) < 4.78 is 0.776. The third kappa shape index (κ3) is 4.75. The highest BCUT2D eigenvalue weighted by Crippen LogP contribution is 2.25. The standard InChI is InChI=1S/C21H18BrN3O3/c1-13(10-20(27)23-18-9-5-4-8-17(18)22)24-25-21(28)16-11-14-6-2-3-7-15(14)12-19(16)26/h2-9,11-12,26H,10H2,1H3,(H,23,27)(H,25,28)/b24-13+. The first-order valence-electron chi connectivity index (χ1n) is 8.53. The average molecular weight is 440 g/mol. The van der Waals surface area contributed by atoms with Gasteiger partial charge in [0.25, 0.3) is 5.91 Å². The topological polar surface area (TPSA) is 90.8 Å². The lowest BCUT2D eigenvalue weighted by Gasteiger charge is -2.08. The molecule has 0 aliphatic heterocycles. The van der Waals surface area contributed by atoms with Crippen LogP contribution < -0.4 is 10.7 Å². The molecule has 0 bridgehead atoms. The summed E-state index contributed by atoms with van der Waals surface area (Å²) in [5.74, 6) is -0.930. The fourth-order valence-corrected chi connectivity index (χ4v) is 3.03. The molecule has 3 aromatic rings. The summed E-state index contributed by atoms with van der Waals surface area (Å²) in [6.45, 7) is 1.64. The highest BCUT2D eigenvalue weighted by molar-refractivity contribution is 9.10. The highest BCUT2D eigenvalue weighted by atomic mass is 79.9. The molecule has 0 aromatic heterocycles. The number of hydrogen-bond acceptors (Lipinski definition) is 4. The van der Waals surface area contributed by atoms with Gasteiger partial charge in [0.05, 0.1) is 17.7 Å². The van der Waals surface area contributed by atoms with E-state index in [1.807, 2.05) is 42.5 Å². The van der Waals surface area contributed by atoms with Gasteiger partial charge in [0.15, 0.2) is 0 Å². The number of amides is 2. The number of nitrogens with zero attached hydrogens (tertiary/aromatic N) is 1. The van der Waals surface area contributed by atoms with Gasteiger partial charge in [-0.1, -0.05) is 36.4 Å². The summed E-state index contributed by atoms with van der Waals surface area (Å²) in [7, 11) is 0. The van der Waals surface area contributed by atoms with E-state index in [2.05, 4.69) is 31.8 Å². The van der Waals surface area contributed by atoms with Crippen molar-refractivity contribution >= 4 is 49.9 Å². The van der Waals surface area contributed by atoms with E-state index in [1.54, 1.807) is 19.1 Å². The molecular formula is C21H18BrN3O3. The number of carbonyl (C=O) groups is 2. The first kappa shape index (κ1) is 19.6. The Labute approximate surface area is 170 Å². The van der Waals surface area contributed by atoms with Crippen molar-refractivity contribution in [2.45, 2.75) is 13.3 Å².